The predicted molar refractivity (Wildman–Crippen MR) is 105 cm³/mol. The summed E-state index contributed by atoms with van der Waals surface area (Å²) in [6.45, 7) is 0. The molecule has 3 rings (SSSR count). The predicted octanol–water partition coefficient (Wildman–Crippen LogP) is 2.75. The number of nitrogens with two attached hydrogens (primary N) is 3. The molecule has 0 aliphatic heterocycles. The van der Waals surface area contributed by atoms with E-state index in [0.717, 1.165) is 28.1 Å². The highest BCUT2D eigenvalue weighted by Gasteiger charge is 2.17. The van der Waals surface area contributed by atoms with Crippen LogP contribution in [0.1, 0.15) is 5.56 Å². The number of methoxy groups -OCH3 is 1. The zero-order chi connectivity index (χ0) is 18.4. The van der Waals surface area contributed by atoms with Gasteiger partial charge in [-0.05, 0) is 18.2 Å². The zero-order valence-corrected chi connectivity index (χ0v) is 14.5. The Morgan fingerprint density at radius 3 is 2.31 bits per heavy atom. The summed E-state index contributed by atoms with van der Waals surface area (Å²) >= 11 is 0. The molecule has 0 heterocycles. The number of amidine groups is 1. The first kappa shape index (κ1) is 17.5. The van der Waals surface area contributed by atoms with Crippen molar-refractivity contribution in [1.82, 2.24) is 0 Å². The Labute approximate surface area is 152 Å². The summed E-state index contributed by atoms with van der Waals surface area (Å²) in [6, 6.07) is 23.3. The fourth-order valence-electron chi connectivity index (χ4n) is 2.82. The lowest BCUT2D eigenvalue weighted by atomic mass is 9.98. The van der Waals surface area contributed by atoms with E-state index in [-0.39, 0.29) is 0 Å². The minimum Gasteiger partial charge on any atom is -0.538 e. The van der Waals surface area contributed by atoms with Crippen molar-refractivity contribution in [3.8, 4) is 16.9 Å². The van der Waals surface area contributed by atoms with Crippen LogP contribution in [0.2, 0.25) is 0 Å². The molecule has 3 aromatic rings. The summed E-state index contributed by atoms with van der Waals surface area (Å²) in [5, 5.41) is 6.01. The minimum absolute atomic E-state index is 0.618. The van der Waals surface area contributed by atoms with Gasteiger partial charge in [-0.2, -0.15) is 0 Å². The fraction of sp³-hybridized carbons (Fsp3) is 0.0500. The van der Waals surface area contributed by atoms with Gasteiger partial charge in [-0.15, -0.1) is 0 Å². The monoisotopic (exact) mass is 347 g/mol. The molecule has 0 aromatic heterocycles. The molecule has 0 aliphatic carbocycles. The van der Waals surface area contributed by atoms with E-state index >= 15 is 0 Å². The Bertz CT molecular complexity index is 923. The maximum Gasteiger partial charge on any atom is 0.219 e. The summed E-state index contributed by atoms with van der Waals surface area (Å²) in [4.78, 5) is 0. The third kappa shape index (κ3) is 3.66. The first-order valence-corrected chi connectivity index (χ1v) is 8.14. The van der Waals surface area contributed by atoms with Crippen molar-refractivity contribution >= 4 is 17.2 Å². The molecule has 26 heavy (non-hydrogen) atoms. The Hall–Kier alpha value is -3.35. The molecule has 6 heteroatoms. The smallest absolute Gasteiger partial charge is 0.219 e. The highest BCUT2D eigenvalue weighted by Crippen LogP contribution is 2.32. The fourth-order valence-corrected chi connectivity index (χ4v) is 2.82. The molecule has 0 fully saturated rings. The quantitative estimate of drug-likeness (QED) is 0.217. The van der Waals surface area contributed by atoms with Crippen LogP contribution in [0.4, 0.5) is 11.4 Å². The van der Waals surface area contributed by atoms with E-state index in [1.165, 1.54) is 0 Å². The number of hydrogen-bond donors (Lipinski definition) is 3. The normalized spacial score (nSPS) is 11.2. The maximum absolute atomic E-state index is 6.07. The van der Waals surface area contributed by atoms with Crippen LogP contribution in [0, 0.1) is 0 Å². The number of hydrogen-bond acceptors (Lipinski definition) is 4. The second kappa shape index (κ2) is 8.15. The van der Waals surface area contributed by atoms with Crippen molar-refractivity contribution in [2.75, 3.05) is 12.8 Å². The molecule has 6 nitrogen and oxygen atoms in total. The standard InChI is InChI=1S/C20H20N5O/c1-26-19-13-7-4-9-15(19)14-8-2-3-10-16(14)20(24-25-22)23-18-12-6-5-11-17(18)21/h2-13H,21-22H2,1H3,(H,23,24)/q-1/p+1. The van der Waals surface area contributed by atoms with E-state index < -0.39 is 0 Å². The van der Waals surface area contributed by atoms with Gasteiger partial charge in [-0.3, -0.25) is 5.32 Å². The molecule has 0 amide bonds. The van der Waals surface area contributed by atoms with Crippen molar-refractivity contribution < 1.29 is 10.1 Å². The van der Waals surface area contributed by atoms with Crippen LogP contribution in [-0.2, 0) is 0 Å². The number of ether oxygens (including phenoxy) is 1. The summed E-state index contributed by atoms with van der Waals surface area (Å²) < 4.78 is 5.51. The summed E-state index contributed by atoms with van der Waals surface area (Å²) in [5.41, 5.74) is 13.9. The van der Waals surface area contributed by atoms with Gasteiger partial charge in [0.2, 0.25) is 5.84 Å². The highest BCUT2D eigenvalue weighted by molar-refractivity contribution is 6.00. The first-order chi connectivity index (χ1) is 12.7. The number of nitrogen functional groups attached to an aromatic ring is 1. The Morgan fingerprint density at radius 2 is 1.58 bits per heavy atom. The lowest BCUT2D eigenvalue weighted by Gasteiger charge is -2.16. The molecule has 0 unspecified atom stereocenters. The third-order valence-corrected chi connectivity index (χ3v) is 4.05. The third-order valence-electron chi connectivity index (χ3n) is 4.05. The van der Waals surface area contributed by atoms with Crippen LogP contribution in [0.3, 0.4) is 0 Å². The van der Waals surface area contributed by atoms with Crippen molar-refractivity contribution in [1.29, 1.82) is 0 Å². The second-order valence-electron chi connectivity index (χ2n) is 5.62. The van der Waals surface area contributed by atoms with Gasteiger partial charge >= 0.3 is 0 Å². The topological polar surface area (TPSA) is 104 Å². The largest absolute Gasteiger partial charge is 0.538 e. The van der Waals surface area contributed by atoms with Crippen molar-refractivity contribution in [3.05, 3.63) is 83.9 Å². The van der Waals surface area contributed by atoms with E-state index in [2.05, 4.69) is 10.6 Å². The molecule has 6 N–H and O–H groups in total. The average molecular weight is 347 g/mol. The van der Waals surface area contributed by atoms with Crippen LogP contribution >= 0.6 is 0 Å². The molecule has 0 radical (unpaired) electrons. The van der Waals surface area contributed by atoms with E-state index in [4.69, 9.17) is 16.3 Å². The Kier molecular flexibility index (Phi) is 5.48. The van der Waals surface area contributed by atoms with Crippen LogP contribution < -0.4 is 21.6 Å². The van der Waals surface area contributed by atoms with Crippen LogP contribution in [0.15, 0.2) is 77.9 Å². The summed E-state index contributed by atoms with van der Waals surface area (Å²) in [6.07, 6.45) is 0. The maximum atomic E-state index is 6.07. The molecule has 0 saturated carbocycles. The molecule has 0 aliphatic rings. The number of nitrogens with zero attached hydrogens (tertiary/aromatic N) is 2. The van der Waals surface area contributed by atoms with Gasteiger partial charge in [0.15, 0.2) is 5.69 Å². The zero-order valence-electron chi connectivity index (χ0n) is 14.5. The van der Waals surface area contributed by atoms with Gasteiger partial charge in [-0.25, -0.2) is 0 Å². The molecular weight excluding hydrogens is 326 g/mol. The van der Waals surface area contributed by atoms with Gasteiger partial charge in [0.1, 0.15) is 5.75 Å². The number of quaternary nitrogens is 1. The lowest BCUT2D eigenvalue weighted by Crippen LogP contribution is -2.82. The minimum atomic E-state index is 0.618. The van der Waals surface area contributed by atoms with Gasteiger partial charge in [0.05, 0.1) is 18.4 Å². The molecule has 0 spiro atoms. The van der Waals surface area contributed by atoms with E-state index in [1.54, 1.807) is 7.11 Å². The first-order valence-electron chi connectivity index (χ1n) is 8.14. The Morgan fingerprint density at radius 1 is 0.923 bits per heavy atom. The van der Waals surface area contributed by atoms with Gasteiger partial charge < -0.3 is 26.9 Å². The number of benzene rings is 3. The number of anilines is 1. The summed E-state index contributed by atoms with van der Waals surface area (Å²) in [7, 11) is 1.66. The lowest BCUT2D eigenvalue weighted by molar-refractivity contribution is -0.441. The van der Waals surface area contributed by atoms with Gasteiger partial charge in [0.25, 0.3) is 0 Å². The molecule has 132 valence electrons. The molecular formula is C20H21N5O. The van der Waals surface area contributed by atoms with E-state index in [9.17, 15) is 0 Å². The molecule has 0 bridgehead atoms. The van der Waals surface area contributed by atoms with E-state index in [1.807, 2.05) is 78.1 Å². The van der Waals surface area contributed by atoms with Crippen LogP contribution in [-0.4, -0.2) is 12.9 Å². The SMILES string of the molecule is COc1ccccc1-c1ccccc1C(=N[N-]N)[NH2+]c1ccccc1N. The van der Waals surface area contributed by atoms with Gasteiger partial charge in [-0.1, -0.05) is 48.5 Å². The molecule has 0 saturated heterocycles. The van der Waals surface area contributed by atoms with Crippen LogP contribution in [0.5, 0.6) is 5.75 Å². The van der Waals surface area contributed by atoms with Gasteiger partial charge in [0, 0.05) is 17.2 Å². The summed E-state index contributed by atoms with van der Waals surface area (Å²) in [5.74, 6) is 6.76. The average Bonchev–Trinajstić information content (AvgIpc) is 2.69. The van der Waals surface area contributed by atoms with E-state index in [0.29, 0.717) is 11.5 Å². The highest BCUT2D eigenvalue weighted by atomic mass is 16.5. The number of para-hydroxylation sites is 3. The van der Waals surface area contributed by atoms with Crippen molar-refractivity contribution in [3.63, 3.8) is 0 Å². The molecule has 0 atom stereocenters. The second-order valence-corrected chi connectivity index (χ2v) is 5.62. The Balaban J connectivity index is 2.09. The molecule has 3 aromatic carbocycles. The van der Waals surface area contributed by atoms with Crippen molar-refractivity contribution in [2.24, 2.45) is 10.9 Å². The van der Waals surface area contributed by atoms with Crippen molar-refractivity contribution in [2.45, 2.75) is 0 Å². The number of rotatable bonds is 5. The van der Waals surface area contributed by atoms with Crippen LogP contribution in [0.25, 0.3) is 16.7 Å².